The number of rotatable bonds is 3. The molecule has 1 amide bonds. The van der Waals surface area contributed by atoms with Crippen LogP contribution in [0.5, 0.6) is 0 Å². The topological polar surface area (TPSA) is 44.9 Å². The van der Waals surface area contributed by atoms with Crippen LogP contribution in [0.1, 0.15) is 19.8 Å². The zero-order valence-corrected chi connectivity index (χ0v) is 8.71. The maximum absolute atomic E-state index is 11.5. The van der Waals surface area contributed by atoms with Crippen LogP contribution in [-0.4, -0.2) is 10.9 Å². The summed E-state index contributed by atoms with van der Waals surface area (Å²) in [6.07, 6.45) is 3.31. The highest BCUT2D eigenvalue weighted by Crippen LogP contribution is 2.21. The number of aromatic nitrogens is 1. The van der Waals surface area contributed by atoms with Gasteiger partial charge in [-0.3, -0.25) is 4.79 Å². The van der Waals surface area contributed by atoms with Crippen molar-refractivity contribution in [2.24, 2.45) is 0 Å². The predicted molar refractivity (Wildman–Crippen MR) is 61.8 cm³/mol. The lowest BCUT2D eigenvalue weighted by atomic mass is 10.2. The van der Waals surface area contributed by atoms with Crippen molar-refractivity contribution in [2.45, 2.75) is 19.8 Å². The molecule has 0 atom stereocenters. The SMILES string of the molecule is CCCC(=O)Nc1cccc2cc[nH]c12. The van der Waals surface area contributed by atoms with Crippen molar-refractivity contribution in [3.8, 4) is 0 Å². The number of carbonyl (C=O) groups is 1. The monoisotopic (exact) mass is 202 g/mol. The summed E-state index contributed by atoms with van der Waals surface area (Å²) in [5.41, 5.74) is 1.85. The summed E-state index contributed by atoms with van der Waals surface area (Å²) >= 11 is 0. The summed E-state index contributed by atoms with van der Waals surface area (Å²) in [5.74, 6) is 0.0691. The highest BCUT2D eigenvalue weighted by molar-refractivity contribution is 6.00. The van der Waals surface area contributed by atoms with Crippen LogP contribution in [0.25, 0.3) is 10.9 Å². The minimum Gasteiger partial charge on any atom is -0.359 e. The Bertz CT molecular complexity index is 473. The van der Waals surface area contributed by atoms with Crippen molar-refractivity contribution in [2.75, 3.05) is 5.32 Å². The number of H-pyrrole nitrogens is 1. The second kappa shape index (κ2) is 4.17. The molecule has 78 valence electrons. The molecule has 0 radical (unpaired) electrons. The van der Waals surface area contributed by atoms with E-state index in [-0.39, 0.29) is 5.91 Å². The van der Waals surface area contributed by atoms with Gasteiger partial charge in [-0.15, -0.1) is 0 Å². The number of benzene rings is 1. The first-order valence-electron chi connectivity index (χ1n) is 5.17. The van der Waals surface area contributed by atoms with E-state index in [1.807, 2.05) is 37.4 Å². The van der Waals surface area contributed by atoms with Crippen LogP contribution >= 0.6 is 0 Å². The molecule has 1 aromatic heterocycles. The zero-order valence-electron chi connectivity index (χ0n) is 8.71. The Morgan fingerprint density at radius 3 is 3.07 bits per heavy atom. The van der Waals surface area contributed by atoms with Crippen LogP contribution in [0.3, 0.4) is 0 Å². The Labute approximate surface area is 88.5 Å². The molecule has 3 nitrogen and oxygen atoms in total. The molecular formula is C12H14N2O. The lowest BCUT2D eigenvalue weighted by Gasteiger charge is -2.05. The van der Waals surface area contributed by atoms with E-state index >= 15 is 0 Å². The van der Waals surface area contributed by atoms with E-state index in [1.165, 1.54) is 0 Å². The molecule has 0 bridgehead atoms. The number of hydrogen-bond acceptors (Lipinski definition) is 1. The number of aromatic amines is 1. The molecule has 0 aliphatic carbocycles. The van der Waals surface area contributed by atoms with E-state index in [2.05, 4.69) is 10.3 Å². The van der Waals surface area contributed by atoms with Crippen LogP contribution < -0.4 is 5.32 Å². The van der Waals surface area contributed by atoms with Gasteiger partial charge >= 0.3 is 0 Å². The number of hydrogen-bond donors (Lipinski definition) is 2. The quantitative estimate of drug-likeness (QED) is 0.789. The lowest BCUT2D eigenvalue weighted by Crippen LogP contribution is -2.10. The van der Waals surface area contributed by atoms with Gasteiger partial charge in [-0.2, -0.15) is 0 Å². The molecule has 0 saturated heterocycles. The molecule has 2 aromatic rings. The van der Waals surface area contributed by atoms with E-state index in [4.69, 9.17) is 0 Å². The van der Waals surface area contributed by atoms with Gasteiger partial charge in [-0.25, -0.2) is 0 Å². The van der Waals surface area contributed by atoms with Gasteiger partial charge in [0.2, 0.25) is 5.91 Å². The maximum atomic E-state index is 11.5. The van der Waals surface area contributed by atoms with E-state index in [0.717, 1.165) is 23.0 Å². The predicted octanol–water partition coefficient (Wildman–Crippen LogP) is 2.91. The van der Waals surface area contributed by atoms with Gasteiger partial charge in [0, 0.05) is 18.0 Å². The van der Waals surface area contributed by atoms with Crippen molar-refractivity contribution in [3.05, 3.63) is 30.5 Å². The second-order valence-electron chi connectivity index (χ2n) is 3.55. The van der Waals surface area contributed by atoms with Crippen molar-refractivity contribution in [1.82, 2.24) is 4.98 Å². The number of amides is 1. The highest BCUT2D eigenvalue weighted by atomic mass is 16.1. The molecular weight excluding hydrogens is 188 g/mol. The van der Waals surface area contributed by atoms with Gasteiger partial charge in [0.1, 0.15) is 0 Å². The van der Waals surface area contributed by atoms with Crippen molar-refractivity contribution in [3.63, 3.8) is 0 Å². The Balaban J connectivity index is 2.27. The summed E-state index contributed by atoms with van der Waals surface area (Å²) in [4.78, 5) is 14.6. The normalized spacial score (nSPS) is 10.5. The third-order valence-electron chi connectivity index (χ3n) is 2.34. The fourth-order valence-corrected chi connectivity index (χ4v) is 1.63. The summed E-state index contributed by atoms with van der Waals surface area (Å²) in [6.45, 7) is 1.99. The van der Waals surface area contributed by atoms with Crippen LogP contribution in [0, 0.1) is 0 Å². The number of para-hydroxylation sites is 1. The third-order valence-corrected chi connectivity index (χ3v) is 2.34. The van der Waals surface area contributed by atoms with E-state index in [9.17, 15) is 4.79 Å². The first kappa shape index (κ1) is 9.77. The fraction of sp³-hybridized carbons (Fsp3) is 0.250. The van der Waals surface area contributed by atoms with Gasteiger partial charge in [0.05, 0.1) is 11.2 Å². The average molecular weight is 202 g/mol. The minimum absolute atomic E-state index is 0.0691. The second-order valence-corrected chi connectivity index (χ2v) is 3.55. The van der Waals surface area contributed by atoms with Gasteiger partial charge in [0.15, 0.2) is 0 Å². The summed E-state index contributed by atoms with van der Waals surface area (Å²) < 4.78 is 0. The van der Waals surface area contributed by atoms with Crippen LogP contribution in [0.15, 0.2) is 30.5 Å². The molecule has 0 fully saturated rings. The molecule has 3 heteroatoms. The fourth-order valence-electron chi connectivity index (χ4n) is 1.63. The van der Waals surface area contributed by atoms with E-state index in [0.29, 0.717) is 6.42 Å². The van der Waals surface area contributed by atoms with Gasteiger partial charge in [-0.05, 0) is 18.6 Å². The molecule has 1 aromatic carbocycles. The molecule has 0 spiro atoms. The van der Waals surface area contributed by atoms with Crippen molar-refractivity contribution < 1.29 is 4.79 Å². The number of carbonyl (C=O) groups excluding carboxylic acids is 1. The first-order valence-corrected chi connectivity index (χ1v) is 5.17. The Kier molecular flexibility index (Phi) is 2.72. The number of anilines is 1. The van der Waals surface area contributed by atoms with Crippen LogP contribution in [0.4, 0.5) is 5.69 Å². The summed E-state index contributed by atoms with van der Waals surface area (Å²) in [5, 5.41) is 4.02. The van der Waals surface area contributed by atoms with E-state index in [1.54, 1.807) is 0 Å². The smallest absolute Gasteiger partial charge is 0.224 e. The molecule has 2 N–H and O–H groups in total. The largest absolute Gasteiger partial charge is 0.359 e. The molecule has 0 unspecified atom stereocenters. The molecule has 2 rings (SSSR count). The van der Waals surface area contributed by atoms with Gasteiger partial charge < -0.3 is 10.3 Å². The summed E-state index contributed by atoms with van der Waals surface area (Å²) in [6, 6.07) is 7.86. The Morgan fingerprint density at radius 1 is 1.40 bits per heavy atom. The molecule has 0 aliphatic rings. The molecule has 0 saturated carbocycles. The van der Waals surface area contributed by atoms with Crippen molar-refractivity contribution >= 4 is 22.5 Å². The van der Waals surface area contributed by atoms with E-state index < -0.39 is 0 Å². The Morgan fingerprint density at radius 2 is 2.27 bits per heavy atom. The number of fused-ring (bicyclic) bond motifs is 1. The zero-order chi connectivity index (χ0) is 10.7. The van der Waals surface area contributed by atoms with Crippen molar-refractivity contribution in [1.29, 1.82) is 0 Å². The highest BCUT2D eigenvalue weighted by Gasteiger charge is 2.04. The number of nitrogens with one attached hydrogen (secondary N) is 2. The molecule has 15 heavy (non-hydrogen) atoms. The van der Waals surface area contributed by atoms with Crippen LogP contribution in [0.2, 0.25) is 0 Å². The summed E-state index contributed by atoms with van der Waals surface area (Å²) in [7, 11) is 0. The Hall–Kier alpha value is -1.77. The van der Waals surface area contributed by atoms with Crippen LogP contribution in [-0.2, 0) is 4.79 Å². The third kappa shape index (κ3) is 2.01. The van der Waals surface area contributed by atoms with Gasteiger partial charge in [0.25, 0.3) is 0 Å². The average Bonchev–Trinajstić information content (AvgIpc) is 2.67. The molecule has 1 heterocycles. The standard InChI is InChI=1S/C12H14N2O/c1-2-4-11(15)14-10-6-3-5-9-7-8-13-12(9)10/h3,5-8,13H,2,4H2,1H3,(H,14,15). The lowest BCUT2D eigenvalue weighted by molar-refractivity contribution is -0.116. The maximum Gasteiger partial charge on any atom is 0.224 e. The first-order chi connectivity index (χ1) is 7.31. The minimum atomic E-state index is 0.0691. The van der Waals surface area contributed by atoms with Gasteiger partial charge in [-0.1, -0.05) is 19.1 Å². The molecule has 0 aliphatic heterocycles.